The molecule has 2 aromatic carbocycles. The van der Waals surface area contributed by atoms with Crippen molar-refractivity contribution in [3.05, 3.63) is 76.0 Å². The molecule has 1 N–H and O–H groups in total. The molecule has 1 aromatic heterocycles. The molecule has 0 aliphatic rings. The van der Waals surface area contributed by atoms with Gasteiger partial charge in [0, 0.05) is 41.3 Å². The topological polar surface area (TPSA) is 77.2 Å². The maximum absolute atomic E-state index is 12.5. The van der Waals surface area contributed by atoms with Crippen LogP contribution in [-0.4, -0.2) is 15.4 Å². The first-order valence-electron chi connectivity index (χ1n) is 8.13. The average Bonchev–Trinajstić information content (AvgIpc) is 3.03. The standard InChI is InChI=1S/C19H19N3O3/c1-3-21-11-10-15-12-16(6-9-18(15)21)19(23)20-13(2)14-4-7-17(8-5-14)22(24)25/h4-13H,3H2,1-2H3,(H,20,23)/t13-/m0/s1. The molecule has 0 saturated carbocycles. The maximum atomic E-state index is 12.5. The van der Waals surface area contributed by atoms with Gasteiger partial charge in [0.15, 0.2) is 0 Å². The van der Waals surface area contributed by atoms with E-state index in [0.29, 0.717) is 5.56 Å². The van der Waals surface area contributed by atoms with Gasteiger partial charge in [-0.1, -0.05) is 12.1 Å². The molecule has 0 unspecified atom stereocenters. The lowest BCUT2D eigenvalue weighted by atomic mass is 10.1. The van der Waals surface area contributed by atoms with Crippen LogP contribution in [0.25, 0.3) is 10.9 Å². The first-order chi connectivity index (χ1) is 12.0. The summed E-state index contributed by atoms with van der Waals surface area (Å²) in [5.74, 6) is -0.169. The average molecular weight is 337 g/mol. The Morgan fingerprint density at radius 2 is 1.92 bits per heavy atom. The highest BCUT2D eigenvalue weighted by molar-refractivity contribution is 5.98. The first-order valence-corrected chi connectivity index (χ1v) is 8.13. The molecule has 0 aliphatic carbocycles. The number of aryl methyl sites for hydroxylation is 1. The Morgan fingerprint density at radius 3 is 2.56 bits per heavy atom. The summed E-state index contributed by atoms with van der Waals surface area (Å²) in [7, 11) is 0. The van der Waals surface area contributed by atoms with E-state index in [-0.39, 0.29) is 17.6 Å². The van der Waals surface area contributed by atoms with Gasteiger partial charge in [-0.05, 0) is 43.7 Å². The van der Waals surface area contributed by atoms with Gasteiger partial charge < -0.3 is 9.88 Å². The van der Waals surface area contributed by atoms with Crippen molar-refractivity contribution >= 4 is 22.5 Å². The SMILES string of the molecule is CCn1ccc2cc(C(=O)N[C@@H](C)c3ccc([N+](=O)[O-])cc3)ccc21. The van der Waals surface area contributed by atoms with Crippen molar-refractivity contribution in [2.45, 2.75) is 26.4 Å². The Kier molecular flexibility index (Phi) is 4.52. The van der Waals surface area contributed by atoms with Crippen molar-refractivity contribution in [3.8, 4) is 0 Å². The summed E-state index contributed by atoms with van der Waals surface area (Å²) in [5, 5.41) is 14.7. The highest BCUT2D eigenvalue weighted by atomic mass is 16.6. The largest absolute Gasteiger partial charge is 0.348 e. The summed E-state index contributed by atoms with van der Waals surface area (Å²) in [5.41, 5.74) is 2.54. The molecule has 128 valence electrons. The molecular formula is C19H19N3O3. The number of non-ortho nitro benzene ring substituents is 1. The number of carbonyl (C=O) groups is 1. The van der Waals surface area contributed by atoms with Gasteiger partial charge >= 0.3 is 0 Å². The van der Waals surface area contributed by atoms with Crippen LogP contribution in [0.1, 0.15) is 35.8 Å². The number of nitrogens with zero attached hydrogens (tertiary/aromatic N) is 2. The molecule has 3 aromatic rings. The molecule has 6 heteroatoms. The highest BCUT2D eigenvalue weighted by Crippen LogP contribution is 2.20. The Morgan fingerprint density at radius 1 is 1.20 bits per heavy atom. The molecule has 1 amide bonds. The molecule has 0 bridgehead atoms. The van der Waals surface area contributed by atoms with E-state index in [1.807, 2.05) is 37.4 Å². The van der Waals surface area contributed by atoms with Crippen molar-refractivity contribution in [2.75, 3.05) is 0 Å². The van der Waals surface area contributed by atoms with Crippen LogP contribution in [0.3, 0.4) is 0 Å². The third kappa shape index (κ3) is 3.38. The lowest BCUT2D eigenvalue weighted by molar-refractivity contribution is -0.384. The van der Waals surface area contributed by atoms with Gasteiger partial charge in [0.1, 0.15) is 0 Å². The fourth-order valence-corrected chi connectivity index (χ4v) is 2.87. The molecule has 0 aliphatic heterocycles. The molecule has 1 atom stereocenters. The number of aromatic nitrogens is 1. The van der Waals surface area contributed by atoms with Crippen molar-refractivity contribution in [3.63, 3.8) is 0 Å². The van der Waals surface area contributed by atoms with E-state index in [1.54, 1.807) is 12.1 Å². The van der Waals surface area contributed by atoms with Crippen LogP contribution in [0.5, 0.6) is 0 Å². The fraction of sp³-hybridized carbons (Fsp3) is 0.211. The number of carbonyl (C=O) groups excluding carboxylic acids is 1. The van der Waals surface area contributed by atoms with Gasteiger partial charge in [0.25, 0.3) is 11.6 Å². The monoisotopic (exact) mass is 337 g/mol. The smallest absolute Gasteiger partial charge is 0.269 e. The lowest BCUT2D eigenvalue weighted by Gasteiger charge is -2.14. The molecule has 1 heterocycles. The lowest BCUT2D eigenvalue weighted by Crippen LogP contribution is -2.26. The summed E-state index contributed by atoms with van der Waals surface area (Å²) < 4.78 is 2.12. The van der Waals surface area contributed by atoms with Crippen LogP contribution in [0.15, 0.2) is 54.7 Å². The number of amides is 1. The molecule has 0 radical (unpaired) electrons. The second kappa shape index (κ2) is 6.76. The minimum atomic E-state index is -0.440. The number of hydrogen-bond donors (Lipinski definition) is 1. The third-order valence-corrected chi connectivity index (χ3v) is 4.33. The van der Waals surface area contributed by atoms with Crippen LogP contribution in [0.4, 0.5) is 5.69 Å². The molecule has 0 spiro atoms. The van der Waals surface area contributed by atoms with Crippen molar-refractivity contribution in [1.29, 1.82) is 0 Å². The van der Waals surface area contributed by atoms with Gasteiger partial charge in [-0.15, -0.1) is 0 Å². The zero-order chi connectivity index (χ0) is 18.0. The van der Waals surface area contributed by atoms with Gasteiger partial charge in [0.2, 0.25) is 0 Å². The Balaban J connectivity index is 1.75. The Labute approximate surface area is 145 Å². The summed E-state index contributed by atoms with van der Waals surface area (Å²) in [6.45, 7) is 4.81. The second-order valence-electron chi connectivity index (χ2n) is 5.92. The number of benzene rings is 2. The van der Waals surface area contributed by atoms with E-state index in [4.69, 9.17) is 0 Å². The van der Waals surface area contributed by atoms with Crippen molar-refractivity contribution in [1.82, 2.24) is 9.88 Å². The minimum Gasteiger partial charge on any atom is -0.348 e. The number of rotatable bonds is 5. The predicted molar refractivity (Wildman–Crippen MR) is 96.6 cm³/mol. The van der Waals surface area contributed by atoms with Crippen molar-refractivity contribution in [2.24, 2.45) is 0 Å². The van der Waals surface area contributed by atoms with Gasteiger partial charge in [-0.25, -0.2) is 0 Å². The summed E-state index contributed by atoms with van der Waals surface area (Å²) in [6.07, 6.45) is 2.01. The zero-order valence-electron chi connectivity index (χ0n) is 14.1. The number of nitro benzene ring substituents is 1. The second-order valence-corrected chi connectivity index (χ2v) is 5.92. The summed E-state index contributed by atoms with van der Waals surface area (Å²) >= 11 is 0. The van der Waals surface area contributed by atoms with E-state index in [2.05, 4.69) is 16.8 Å². The van der Waals surface area contributed by atoms with Crippen LogP contribution in [0.2, 0.25) is 0 Å². The van der Waals surface area contributed by atoms with E-state index >= 15 is 0 Å². The molecule has 3 rings (SSSR count). The van der Waals surface area contributed by atoms with Crippen molar-refractivity contribution < 1.29 is 9.72 Å². The highest BCUT2D eigenvalue weighted by Gasteiger charge is 2.14. The van der Waals surface area contributed by atoms with Crippen LogP contribution in [0, 0.1) is 10.1 Å². The fourth-order valence-electron chi connectivity index (χ4n) is 2.87. The van der Waals surface area contributed by atoms with E-state index in [9.17, 15) is 14.9 Å². The third-order valence-electron chi connectivity index (χ3n) is 4.33. The molecule has 6 nitrogen and oxygen atoms in total. The molecular weight excluding hydrogens is 318 g/mol. The van der Waals surface area contributed by atoms with Gasteiger partial charge in [0.05, 0.1) is 11.0 Å². The first kappa shape index (κ1) is 16.7. The van der Waals surface area contributed by atoms with Crippen LogP contribution >= 0.6 is 0 Å². The molecule has 25 heavy (non-hydrogen) atoms. The number of nitrogens with one attached hydrogen (secondary N) is 1. The number of hydrogen-bond acceptors (Lipinski definition) is 3. The number of nitro groups is 1. The summed E-state index contributed by atoms with van der Waals surface area (Å²) in [6, 6.07) is 13.6. The Bertz CT molecular complexity index is 929. The maximum Gasteiger partial charge on any atom is 0.269 e. The Hall–Kier alpha value is -3.15. The van der Waals surface area contributed by atoms with Gasteiger partial charge in [-0.2, -0.15) is 0 Å². The molecule has 0 saturated heterocycles. The minimum absolute atomic E-state index is 0.0353. The van der Waals surface area contributed by atoms with E-state index in [0.717, 1.165) is 23.0 Å². The van der Waals surface area contributed by atoms with Crippen LogP contribution < -0.4 is 5.32 Å². The quantitative estimate of drug-likeness (QED) is 0.563. The summed E-state index contributed by atoms with van der Waals surface area (Å²) in [4.78, 5) is 22.8. The van der Waals surface area contributed by atoms with Crippen LogP contribution in [-0.2, 0) is 6.54 Å². The number of fused-ring (bicyclic) bond motifs is 1. The van der Waals surface area contributed by atoms with Gasteiger partial charge in [-0.3, -0.25) is 14.9 Å². The predicted octanol–water partition coefficient (Wildman–Crippen LogP) is 4.06. The normalized spacial score (nSPS) is 12.1. The zero-order valence-corrected chi connectivity index (χ0v) is 14.1. The van der Waals surface area contributed by atoms with E-state index in [1.165, 1.54) is 12.1 Å². The van der Waals surface area contributed by atoms with E-state index < -0.39 is 4.92 Å². The molecule has 0 fully saturated rings.